The van der Waals surface area contributed by atoms with Crippen molar-refractivity contribution in [3.63, 3.8) is 0 Å². The molecule has 38 heavy (non-hydrogen) atoms. The van der Waals surface area contributed by atoms with Gasteiger partial charge in [0.05, 0.1) is 10.0 Å². The Morgan fingerprint density at radius 3 is 2.63 bits per heavy atom. The van der Waals surface area contributed by atoms with Crippen LogP contribution >= 0.6 is 34.5 Å². The third-order valence-corrected chi connectivity index (χ3v) is 9.96. The van der Waals surface area contributed by atoms with Crippen molar-refractivity contribution in [3.8, 4) is 10.6 Å². The second-order valence-corrected chi connectivity index (χ2v) is 12.3. The number of amides is 1. The van der Waals surface area contributed by atoms with E-state index in [9.17, 15) is 4.79 Å². The Labute approximate surface area is 237 Å². The van der Waals surface area contributed by atoms with E-state index in [-0.39, 0.29) is 11.9 Å². The van der Waals surface area contributed by atoms with Crippen molar-refractivity contribution in [2.45, 2.75) is 50.5 Å². The molecule has 6 rings (SSSR count). The fraction of sp³-hybridized carbons (Fsp3) is 0.400. The van der Waals surface area contributed by atoms with Crippen molar-refractivity contribution >= 4 is 51.3 Å². The van der Waals surface area contributed by atoms with Crippen molar-refractivity contribution in [1.82, 2.24) is 20.2 Å². The molecule has 0 bridgehead atoms. The zero-order chi connectivity index (χ0) is 26.1. The van der Waals surface area contributed by atoms with Crippen LogP contribution in [0.1, 0.15) is 60.5 Å². The summed E-state index contributed by atoms with van der Waals surface area (Å²) < 4.78 is 0. The van der Waals surface area contributed by atoms with Gasteiger partial charge in [0.15, 0.2) is 0 Å². The van der Waals surface area contributed by atoms with Crippen LogP contribution in [0.3, 0.4) is 0 Å². The van der Waals surface area contributed by atoms with Gasteiger partial charge < -0.3 is 15.2 Å². The lowest BCUT2D eigenvalue weighted by Crippen LogP contribution is -2.41. The molecule has 0 spiro atoms. The topological polar surface area (TPSA) is 61.0 Å². The third-order valence-electron chi connectivity index (χ3n) is 8.27. The van der Waals surface area contributed by atoms with Gasteiger partial charge in [0, 0.05) is 40.6 Å². The van der Waals surface area contributed by atoms with Crippen LogP contribution in [0.4, 0.5) is 0 Å². The summed E-state index contributed by atoms with van der Waals surface area (Å²) in [5.74, 6) is 1.26. The Balaban J connectivity index is 0.962. The van der Waals surface area contributed by atoms with E-state index in [1.54, 1.807) is 11.4 Å². The third kappa shape index (κ3) is 5.50. The first kappa shape index (κ1) is 25.9. The molecule has 0 atom stereocenters. The number of fused-ring (bicyclic) bond motifs is 1. The number of hydrogen-bond donors (Lipinski definition) is 2. The van der Waals surface area contributed by atoms with Crippen molar-refractivity contribution < 1.29 is 4.79 Å². The summed E-state index contributed by atoms with van der Waals surface area (Å²) in [7, 11) is 0. The molecule has 8 heteroatoms. The number of para-hydroxylation sites is 1. The summed E-state index contributed by atoms with van der Waals surface area (Å²) in [5, 5.41) is 8.06. The Morgan fingerprint density at radius 1 is 1.03 bits per heavy atom. The van der Waals surface area contributed by atoms with E-state index in [2.05, 4.69) is 50.6 Å². The zero-order valence-electron chi connectivity index (χ0n) is 21.3. The molecule has 1 aliphatic heterocycles. The number of aromatic amines is 1. The molecule has 0 unspecified atom stereocenters. The number of aromatic nitrogens is 2. The average Bonchev–Trinajstić information content (AvgIpc) is 3.60. The number of thiazole rings is 1. The van der Waals surface area contributed by atoms with Crippen molar-refractivity contribution in [2.24, 2.45) is 5.92 Å². The van der Waals surface area contributed by atoms with E-state index >= 15 is 0 Å². The van der Waals surface area contributed by atoms with Crippen LogP contribution in [0.2, 0.25) is 10.0 Å². The molecule has 198 valence electrons. The second kappa shape index (κ2) is 11.4. The van der Waals surface area contributed by atoms with Gasteiger partial charge in [-0.1, -0.05) is 53.5 Å². The molecule has 1 aliphatic carbocycles. The Bertz CT molecular complexity index is 1420. The lowest BCUT2D eigenvalue weighted by atomic mass is 9.84. The van der Waals surface area contributed by atoms with Crippen molar-refractivity contribution in [2.75, 3.05) is 19.6 Å². The largest absolute Gasteiger partial charge is 0.361 e. The molecule has 2 fully saturated rings. The summed E-state index contributed by atoms with van der Waals surface area (Å²) >= 11 is 13.9. The van der Waals surface area contributed by atoms with Gasteiger partial charge >= 0.3 is 0 Å². The molecule has 2 N–H and O–H groups in total. The molecule has 1 saturated carbocycles. The fourth-order valence-corrected chi connectivity index (χ4v) is 7.42. The van der Waals surface area contributed by atoms with Crippen molar-refractivity contribution in [1.29, 1.82) is 0 Å². The highest BCUT2D eigenvalue weighted by atomic mass is 35.5. The zero-order valence-corrected chi connectivity index (χ0v) is 23.6. The first-order valence-corrected chi connectivity index (χ1v) is 15.2. The molecule has 2 aromatic carbocycles. The summed E-state index contributed by atoms with van der Waals surface area (Å²) in [6.45, 7) is 3.52. The molecule has 5 nitrogen and oxygen atoms in total. The molecule has 1 saturated heterocycles. The number of carbonyl (C=O) groups excluding carboxylic acids is 1. The maximum atomic E-state index is 12.9. The molecule has 4 aromatic rings. The number of hydrogen-bond acceptors (Lipinski definition) is 4. The maximum absolute atomic E-state index is 12.9. The Hall–Kier alpha value is -2.38. The number of halogens is 2. The van der Waals surface area contributed by atoms with Crippen LogP contribution in [0, 0.1) is 5.92 Å². The molecule has 0 radical (unpaired) electrons. The molecule has 3 heterocycles. The van der Waals surface area contributed by atoms with E-state index in [0.717, 1.165) is 31.2 Å². The van der Waals surface area contributed by atoms with Crippen LogP contribution in [0.15, 0.2) is 54.0 Å². The minimum absolute atomic E-state index is 0.103. The van der Waals surface area contributed by atoms with E-state index in [4.69, 9.17) is 23.2 Å². The number of piperidine rings is 1. The molecule has 1 amide bonds. The highest BCUT2D eigenvalue weighted by Gasteiger charge is 2.28. The van der Waals surface area contributed by atoms with Crippen LogP contribution in [-0.2, 0) is 0 Å². The van der Waals surface area contributed by atoms with Gasteiger partial charge in [-0.05, 0) is 81.1 Å². The minimum Gasteiger partial charge on any atom is -0.361 e. The number of nitrogens with one attached hydrogen (secondary N) is 2. The van der Waals surface area contributed by atoms with E-state index in [1.807, 2.05) is 12.1 Å². The Morgan fingerprint density at radius 2 is 1.82 bits per heavy atom. The standard InChI is InChI=1S/C30H32Cl2N4OS/c31-25-6-3-5-23(28(25)32)30-35-27(18-38-30)29(37)34-21-10-8-19(9-11-21)17-36-14-12-20(13-15-36)24-16-33-26-7-2-1-4-22(24)26/h1-7,16,18-21,33H,8-15,17H2,(H,34,37). The van der Waals surface area contributed by atoms with Crippen LogP contribution < -0.4 is 5.32 Å². The normalized spacial score (nSPS) is 21.1. The number of rotatable bonds is 6. The fourth-order valence-electron chi connectivity index (χ4n) is 6.14. The van der Waals surface area contributed by atoms with Crippen LogP contribution in [0.25, 0.3) is 21.5 Å². The SMILES string of the molecule is O=C(NC1CCC(CN2CCC(c3c[nH]c4ccccc34)CC2)CC1)c1csc(-c2cccc(Cl)c2Cl)n1. The first-order valence-electron chi connectivity index (χ1n) is 13.5. The Kier molecular flexibility index (Phi) is 7.75. The predicted molar refractivity (Wildman–Crippen MR) is 157 cm³/mol. The van der Waals surface area contributed by atoms with Gasteiger partial charge in [-0.25, -0.2) is 4.98 Å². The monoisotopic (exact) mass is 566 g/mol. The molecular weight excluding hydrogens is 535 g/mol. The average molecular weight is 568 g/mol. The summed E-state index contributed by atoms with van der Waals surface area (Å²) in [4.78, 5) is 23.5. The first-order chi connectivity index (χ1) is 18.5. The van der Waals surface area contributed by atoms with E-state index in [1.165, 1.54) is 60.3 Å². The van der Waals surface area contributed by atoms with Gasteiger partial charge in [0.25, 0.3) is 5.91 Å². The lowest BCUT2D eigenvalue weighted by molar-refractivity contribution is 0.0909. The number of nitrogens with zero attached hydrogens (tertiary/aromatic N) is 2. The van der Waals surface area contributed by atoms with Gasteiger partial charge in [-0.15, -0.1) is 11.3 Å². The van der Waals surface area contributed by atoms with Crippen LogP contribution in [-0.4, -0.2) is 46.5 Å². The number of H-pyrrole nitrogens is 1. The van der Waals surface area contributed by atoms with Gasteiger partial charge in [0.1, 0.15) is 10.7 Å². The lowest BCUT2D eigenvalue weighted by Gasteiger charge is -2.36. The quantitative estimate of drug-likeness (QED) is 0.250. The molecule has 2 aliphatic rings. The molecular formula is C30H32Cl2N4OS. The van der Waals surface area contributed by atoms with Gasteiger partial charge in [-0.2, -0.15) is 0 Å². The van der Waals surface area contributed by atoms with Gasteiger partial charge in [0.2, 0.25) is 0 Å². The number of benzene rings is 2. The minimum atomic E-state index is -0.103. The highest BCUT2D eigenvalue weighted by molar-refractivity contribution is 7.13. The second-order valence-electron chi connectivity index (χ2n) is 10.7. The number of carbonyl (C=O) groups is 1. The van der Waals surface area contributed by atoms with E-state index < -0.39 is 0 Å². The van der Waals surface area contributed by atoms with Crippen LogP contribution in [0.5, 0.6) is 0 Å². The van der Waals surface area contributed by atoms with Gasteiger partial charge in [-0.3, -0.25) is 4.79 Å². The summed E-state index contributed by atoms with van der Waals surface area (Å²) in [6.07, 6.45) is 9.05. The number of likely N-dealkylation sites (tertiary alicyclic amines) is 1. The highest BCUT2D eigenvalue weighted by Crippen LogP contribution is 2.36. The van der Waals surface area contributed by atoms with E-state index in [0.29, 0.717) is 32.6 Å². The maximum Gasteiger partial charge on any atom is 0.270 e. The predicted octanol–water partition coefficient (Wildman–Crippen LogP) is 7.77. The smallest absolute Gasteiger partial charge is 0.270 e. The summed E-state index contributed by atoms with van der Waals surface area (Å²) in [5.41, 5.74) is 3.93. The molecule has 2 aromatic heterocycles. The van der Waals surface area contributed by atoms with Crippen molar-refractivity contribution in [3.05, 3.63) is 75.3 Å². The summed E-state index contributed by atoms with van der Waals surface area (Å²) in [6, 6.07) is 14.3.